The molecule has 0 unspecified atom stereocenters. The molecule has 0 saturated heterocycles. The van der Waals surface area contributed by atoms with Crippen LogP contribution >= 0.6 is 0 Å². The van der Waals surface area contributed by atoms with Crippen LogP contribution in [0.3, 0.4) is 0 Å². The molecule has 0 radical (unpaired) electrons. The summed E-state index contributed by atoms with van der Waals surface area (Å²) in [4.78, 5) is 44.3. The van der Waals surface area contributed by atoms with Gasteiger partial charge >= 0.3 is 5.69 Å². The summed E-state index contributed by atoms with van der Waals surface area (Å²) in [6.45, 7) is 9.86. The van der Waals surface area contributed by atoms with Crippen LogP contribution in [-0.2, 0) is 17.9 Å². The average molecular weight is 489 g/mol. The molecule has 2 aromatic carbocycles. The van der Waals surface area contributed by atoms with Crippen molar-refractivity contribution in [3.8, 4) is 11.4 Å². The minimum absolute atomic E-state index is 0.0136. The molecule has 0 amide bonds. The summed E-state index contributed by atoms with van der Waals surface area (Å²) in [5.74, 6) is 0.943. The van der Waals surface area contributed by atoms with Gasteiger partial charge in [-0.2, -0.15) is 0 Å². The highest BCUT2D eigenvalue weighted by molar-refractivity contribution is 5.85. The minimum atomic E-state index is -0.583. The summed E-state index contributed by atoms with van der Waals surface area (Å²) in [5.41, 5.74) is 0.576. The molecule has 8 nitrogen and oxygen atoms in total. The molecule has 0 aliphatic heterocycles. The van der Waals surface area contributed by atoms with Gasteiger partial charge in [-0.1, -0.05) is 65.0 Å². The number of carbonyl (C=O) groups excluding carboxylic acids is 1. The van der Waals surface area contributed by atoms with Crippen LogP contribution in [0.2, 0.25) is 0 Å². The Labute approximate surface area is 209 Å². The lowest BCUT2D eigenvalue weighted by Crippen LogP contribution is -2.41. The molecule has 0 aliphatic rings. The standard InChI is InChI=1S/C28H32N4O4/c1-19(2)20-11-13-21(14-12-20)32-25-24(30(18-29-25)17-23(33)28(3,4)5)26(34)31(27(32)35)15-16-36-22-9-7-6-8-10-22/h6-14,18-19H,15-17H2,1-5H3. The van der Waals surface area contributed by atoms with Crippen LogP contribution in [0.1, 0.15) is 46.1 Å². The van der Waals surface area contributed by atoms with E-state index in [0.717, 1.165) is 10.1 Å². The van der Waals surface area contributed by atoms with Crippen molar-refractivity contribution in [3.05, 3.63) is 87.3 Å². The maximum absolute atomic E-state index is 13.6. The molecule has 2 aromatic heterocycles. The molecule has 4 rings (SSSR count). The first-order valence-electron chi connectivity index (χ1n) is 12.1. The van der Waals surface area contributed by atoms with E-state index in [9.17, 15) is 14.4 Å². The first-order valence-corrected chi connectivity index (χ1v) is 12.1. The van der Waals surface area contributed by atoms with Crippen LogP contribution in [0.25, 0.3) is 16.9 Å². The Balaban J connectivity index is 1.83. The molecule has 8 heteroatoms. The number of ketones is 1. The Morgan fingerprint density at radius 3 is 2.28 bits per heavy atom. The topological polar surface area (TPSA) is 88.1 Å². The van der Waals surface area contributed by atoms with Crippen LogP contribution in [0.4, 0.5) is 0 Å². The molecule has 0 saturated carbocycles. The lowest BCUT2D eigenvalue weighted by molar-refractivity contribution is -0.126. The Morgan fingerprint density at radius 1 is 1.00 bits per heavy atom. The maximum Gasteiger partial charge on any atom is 0.337 e. The van der Waals surface area contributed by atoms with E-state index in [1.165, 1.54) is 15.5 Å². The van der Waals surface area contributed by atoms with Crippen molar-refractivity contribution in [1.82, 2.24) is 18.7 Å². The number of para-hydroxylation sites is 1. The second-order valence-electron chi connectivity index (χ2n) is 10.2. The highest BCUT2D eigenvalue weighted by atomic mass is 16.5. The van der Waals surface area contributed by atoms with E-state index in [-0.39, 0.29) is 36.6 Å². The van der Waals surface area contributed by atoms with E-state index in [1.807, 2.05) is 75.4 Å². The molecule has 188 valence electrons. The summed E-state index contributed by atoms with van der Waals surface area (Å²) in [7, 11) is 0. The molecule has 0 fully saturated rings. The number of Topliss-reactive ketones (excluding diaryl/α,β-unsaturated/α-hetero) is 1. The third-order valence-corrected chi connectivity index (χ3v) is 6.20. The fourth-order valence-corrected chi connectivity index (χ4v) is 3.90. The van der Waals surface area contributed by atoms with E-state index in [0.29, 0.717) is 17.4 Å². The molecule has 4 aromatic rings. The van der Waals surface area contributed by atoms with Crippen molar-refractivity contribution in [2.24, 2.45) is 5.41 Å². The lowest BCUT2D eigenvalue weighted by Gasteiger charge is -2.17. The predicted molar refractivity (Wildman–Crippen MR) is 140 cm³/mol. The van der Waals surface area contributed by atoms with Gasteiger partial charge in [-0.05, 0) is 35.7 Å². The SMILES string of the molecule is CC(C)c1ccc(-n2c(=O)n(CCOc3ccccc3)c(=O)c3c2ncn3CC(=O)C(C)(C)C)cc1. The summed E-state index contributed by atoms with van der Waals surface area (Å²) < 4.78 is 9.88. The molecule has 0 atom stereocenters. The van der Waals surface area contributed by atoms with Crippen molar-refractivity contribution >= 4 is 16.9 Å². The predicted octanol–water partition coefficient (Wildman–Crippen LogP) is 4.17. The number of benzene rings is 2. The van der Waals surface area contributed by atoms with Crippen molar-refractivity contribution < 1.29 is 9.53 Å². The molecule has 0 bridgehead atoms. The van der Waals surface area contributed by atoms with Gasteiger partial charge in [0.15, 0.2) is 16.9 Å². The van der Waals surface area contributed by atoms with Crippen LogP contribution < -0.4 is 16.0 Å². The van der Waals surface area contributed by atoms with Gasteiger partial charge in [0.25, 0.3) is 5.56 Å². The number of hydrogen-bond donors (Lipinski definition) is 0. The number of fused-ring (bicyclic) bond motifs is 1. The molecular formula is C28H32N4O4. The van der Waals surface area contributed by atoms with E-state index in [1.54, 1.807) is 0 Å². The number of aromatic nitrogens is 4. The first-order chi connectivity index (χ1) is 17.1. The third-order valence-electron chi connectivity index (χ3n) is 6.20. The van der Waals surface area contributed by atoms with Crippen molar-refractivity contribution in [1.29, 1.82) is 0 Å². The number of hydrogen-bond acceptors (Lipinski definition) is 5. The van der Waals surface area contributed by atoms with Gasteiger partial charge < -0.3 is 9.30 Å². The van der Waals surface area contributed by atoms with E-state index < -0.39 is 16.7 Å². The van der Waals surface area contributed by atoms with Gasteiger partial charge in [-0.25, -0.2) is 14.3 Å². The van der Waals surface area contributed by atoms with Crippen LogP contribution in [0.15, 0.2) is 70.5 Å². The summed E-state index contributed by atoms with van der Waals surface area (Å²) in [6.07, 6.45) is 1.46. The summed E-state index contributed by atoms with van der Waals surface area (Å²) >= 11 is 0. The second-order valence-corrected chi connectivity index (χ2v) is 10.2. The fourth-order valence-electron chi connectivity index (χ4n) is 3.90. The van der Waals surface area contributed by atoms with Crippen molar-refractivity contribution in [2.45, 2.75) is 53.6 Å². The number of ether oxygens (including phenoxy) is 1. The average Bonchev–Trinajstić information content (AvgIpc) is 3.25. The highest BCUT2D eigenvalue weighted by Crippen LogP contribution is 2.20. The number of carbonyl (C=O) groups is 1. The van der Waals surface area contributed by atoms with Gasteiger partial charge in [-0.3, -0.25) is 14.2 Å². The first kappa shape index (κ1) is 25.2. The van der Waals surface area contributed by atoms with Crippen LogP contribution in [0.5, 0.6) is 5.75 Å². The van der Waals surface area contributed by atoms with E-state index in [4.69, 9.17) is 4.74 Å². The zero-order valence-corrected chi connectivity index (χ0v) is 21.4. The van der Waals surface area contributed by atoms with Gasteiger partial charge in [0.2, 0.25) is 0 Å². The Kier molecular flexibility index (Phi) is 6.97. The smallest absolute Gasteiger partial charge is 0.337 e. The monoisotopic (exact) mass is 488 g/mol. The molecule has 2 heterocycles. The van der Waals surface area contributed by atoms with Gasteiger partial charge in [0, 0.05) is 5.41 Å². The molecule has 0 N–H and O–H groups in total. The zero-order valence-electron chi connectivity index (χ0n) is 21.4. The Hall–Kier alpha value is -3.94. The molecule has 0 spiro atoms. The largest absolute Gasteiger partial charge is 0.492 e. The Morgan fingerprint density at radius 2 is 1.67 bits per heavy atom. The lowest BCUT2D eigenvalue weighted by atomic mass is 9.91. The summed E-state index contributed by atoms with van der Waals surface area (Å²) in [6, 6.07) is 16.8. The minimum Gasteiger partial charge on any atom is -0.492 e. The van der Waals surface area contributed by atoms with Crippen molar-refractivity contribution in [3.63, 3.8) is 0 Å². The van der Waals surface area contributed by atoms with Gasteiger partial charge in [0.1, 0.15) is 12.4 Å². The fraction of sp³-hybridized carbons (Fsp3) is 0.357. The second kappa shape index (κ2) is 9.97. The molecule has 0 aliphatic carbocycles. The van der Waals surface area contributed by atoms with Gasteiger partial charge in [-0.15, -0.1) is 0 Å². The third kappa shape index (κ3) is 5.03. The van der Waals surface area contributed by atoms with Crippen molar-refractivity contribution in [2.75, 3.05) is 6.61 Å². The van der Waals surface area contributed by atoms with E-state index in [2.05, 4.69) is 18.8 Å². The van der Waals surface area contributed by atoms with Gasteiger partial charge in [0.05, 0.1) is 25.1 Å². The maximum atomic E-state index is 13.6. The molecule has 36 heavy (non-hydrogen) atoms. The van der Waals surface area contributed by atoms with E-state index >= 15 is 0 Å². The summed E-state index contributed by atoms with van der Waals surface area (Å²) in [5, 5.41) is 0. The van der Waals surface area contributed by atoms with Crippen LogP contribution in [-0.4, -0.2) is 31.1 Å². The number of imidazole rings is 1. The van der Waals surface area contributed by atoms with Crippen LogP contribution in [0, 0.1) is 5.41 Å². The Bertz CT molecular complexity index is 1490. The number of rotatable bonds is 8. The zero-order chi connectivity index (χ0) is 26.0. The molecular weight excluding hydrogens is 456 g/mol. The quantitative estimate of drug-likeness (QED) is 0.372. The number of nitrogens with zero attached hydrogens (tertiary/aromatic N) is 4. The normalized spacial score (nSPS) is 11.8. The highest BCUT2D eigenvalue weighted by Gasteiger charge is 2.25.